The molecule has 4 nitrogen and oxygen atoms in total. The van der Waals surface area contributed by atoms with Crippen molar-refractivity contribution in [2.75, 3.05) is 7.05 Å². The minimum Gasteiger partial charge on any atom is -0.457 e. The van der Waals surface area contributed by atoms with E-state index in [1.165, 1.54) is 0 Å². The molecule has 0 aliphatic rings. The van der Waals surface area contributed by atoms with Crippen LogP contribution >= 0.6 is 11.6 Å². The highest BCUT2D eigenvalue weighted by atomic mass is 35.5. The van der Waals surface area contributed by atoms with E-state index in [0.29, 0.717) is 10.6 Å². The number of nitrogens with zero attached hydrogens (tertiary/aromatic N) is 2. The molecule has 0 fully saturated rings. The lowest BCUT2D eigenvalue weighted by Crippen LogP contribution is -2.17. The summed E-state index contributed by atoms with van der Waals surface area (Å²) in [5.41, 5.74) is 1.70. The van der Waals surface area contributed by atoms with Crippen LogP contribution in [0.2, 0.25) is 5.02 Å². The van der Waals surface area contributed by atoms with E-state index in [1.54, 1.807) is 12.4 Å². The highest BCUT2D eigenvalue weighted by molar-refractivity contribution is 6.34. The number of fused-ring (bicyclic) bond motifs is 1. The number of nitrogens with one attached hydrogen (secondary N) is 1. The van der Waals surface area contributed by atoms with Crippen LogP contribution < -0.4 is 5.32 Å². The van der Waals surface area contributed by atoms with Gasteiger partial charge in [-0.2, -0.15) is 10.2 Å². The van der Waals surface area contributed by atoms with Gasteiger partial charge in [0.2, 0.25) is 0 Å². The molecule has 0 aliphatic carbocycles. The zero-order chi connectivity index (χ0) is 13.2. The number of aromatic nitrogens is 2. The predicted octanol–water partition coefficient (Wildman–Crippen LogP) is 3.19. The lowest BCUT2D eigenvalue weighted by molar-refractivity contribution is 0.490. The van der Waals surface area contributed by atoms with Crippen molar-refractivity contribution in [3.63, 3.8) is 0 Å². The highest BCUT2D eigenvalue weighted by Crippen LogP contribution is 2.31. The first-order chi connectivity index (χ1) is 9.29. The van der Waals surface area contributed by atoms with Gasteiger partial charge in [-0.25, -0.2) is 0 Å². The van der Waals surface area contributed by atoms with Crippen molar-refractivity contribution in [1.29, 1.82) is 0 Å². The van der Waals surface area contributed by atoms with Crippen molar-refractivity contribution in [2.24, 2.45) is 0 Å². The number of para-hydroxylation sites is 1. The van der Waals surface area contributed by atoms with Gasteiger partial charge in [0.05, 0.1) is 17.3 Å². The first kappa shape index (κ1) is 12.1. The second-order valence-electron chi connectivity index (χ2n) is 4.20. The van der Waals surface area contributed by atoms with Crippen LogP contribution in [0.4, 0.5) is 0 Å². The fourth-order valence-corrected chi connectivity index (χ4v) is 2.35. The summed E-state index contributed by atoms with van der Waals surface area (Å²) in [6.07, 6.45) is 3.38. The molecule has 3 rings (SSSR count). The van der Waals surface area contributed by atoms with Crippen molar-refractivity contribution in [1.82, 2.24) is 15.5 Å². The third kappa shape index (κ3) is 2.20. The molecule has 1 atom stereocenters. The third-order valence-electron chi connectivity index (χ3n) is 3.03. The maximum absolute atomic E-state index is 6.13. The average molecular weight is 274 g/mol. The Morgan fingerprint density at radius 2 is 2.16 bits per heavy atom. The maximum atomic E-state index is 6.13. The molecule has 0 amide bonds. The normalized spacial score (nSPS) is 12.7. The van der Waals surface area contributed by atoms with Crippen LogP contribution in [0.1, 0.15) is 17.4 Å². The average Bonchev–Trinajstić information content (AvgIpc) is 2.86. The zero-order valence-electron chi connectivity index (χ0n) is 10.3. The van der Waals surface area contributed by atoms with Gasteiger partial charge in [0.15, 0.2) is 5.58 Å². The fraction of sp³-hybridized carbons (Fsp3) is 0.143. The molecule has 1 N–H and O–H groups in total. The van der Waals surface area contributed by atoms with Crippen LogP contribution in [0.25, 0.3) is 11.0 Å². The molecule has 2 aromatic heterocycles. The van der Waals surface area contributed by atoms with Gasteiger partial charge in [-0.3, -0.25) is 0 Å². The van der Waals surface area contributed by atoms with Crippen molar-refractivity contribution in [3.8, 4) is 0 Å². The van der Waals surface area contributed by atoms with Crippen LogP contribution in [0.3, 0.4) is 0 Å². The number of rotatable bonds is 3. The predicted molar refractivity (Wildman–Crippen MR) is 74.2 cm³/mol. The van der Waals surface area contributed by atoms with E-state index in [4.69, 9.17) is 16.0 Å². The molecule has 0 spiro atoms. The topological polar surface area (TPSA) is 51.0 Å². The molecule has 0 aliphatic heterocycles. The Balaban J connectivity index is 2.09. The van der Waals surface area contributed by atoms with E-state index in [0.717, 1.165) is 16.7 Å². The Morgan fingerprint density at radius 3 is 2.84 bits per heavy atom. The zero-order valence-corrected chi connectivity index (χ0v) is 11.1. The molecule has 3 aromatic rings. The molecular formula is C14H12ClN3O. The summed E-state index contributed by atoms with van der Waals surface area (Å²) in [5, 5.41) is 12.5. The fourth-order valence-electron chi connectivity index (χ4n) is 2.13. The minimum absolute atomic E-state index is 0.0704. The SMILES string of the molecule is CNC(c1ccnnc1)c1cc2cccc(Cl)c2o1. The van der Waals surface area contributed by atoms with Crippen LogP contribution in [0.5, 0.6) is 0 Å². The van der Waals surface area contributed by atoms with Gasteiger partial charge >= 0.3 is 0 Å². The number of hydrogen-bond donors (Lipinski definition) is 1. The van der Waals surface area contributed by atoms with Crippen LogP contribution in [-0.4, -0.2) is 17.2 Å². The van der Waals surface area contributed by atoms with E-state index in [-0.39, 0.29) is 6.04 Å². The van der Waals surface area contributed by atoms with Crippen LogP contribution in [-0.2, 0) is 0 Å². The molecule has 0 saturated carbocycles. The van der Waals surface area contributed by atoms with Gasteiger partial charge in [0.25, 0.3) is 0 Å². The summed E-state index contributed by atoms with van der Waals surface area (Å²) in [4.78, 5) is 0. The third-order valence-corrected chi connectivity index (χ3v) is 3.33. The molecule has 1 unspecified atom stereocenters. The largest absolute Gasteiger partial charge is 0.457 e. The van der Waals surface area contributed by atoms with E-state index in [1.807, 2.05) is 37.4 Å². The second-order valence-corrected chi connectivity index (χ2v) is 4.61. The van der Waals surface area contributed by atoms with E-state index >= 15 is 0 Å². The van der Waals surface area contributed by atoms with Crippen LogP contribution in [0, 0.1) is 0 Å². The van der Waals surface area contributed by atoms with Crippen LogP contribution in [0.15, 0.2) is 47.1 Å². The molecule has 0 bridgehead atoms. The number of halogens is 1. The Morgan fingerprint density at radius 1 is 1.26 bits per heavy atom. The van der Waals surface area contributed by atoms with Gasteiger partial charge in [-0.05, 0) is 30.8 Å². The standard InChI is InChI=1S/C14H12ClN3O/c1-16-13(10-5-6-17-18-8-10)12-7-9-3-2-4-11(15)14(9)19-12/h2-8,13,16H,1H3. The first-order valence-electron chi connectivity index (χ1n) is 5.91. The maximum Gasteiger partial charge on any atom is 0.152 e. The Hall–Kier alpha value is -1.91. The summed E-state index contributed by atoms with van der Waals surface area (Å²) in [6, 6.07) is 9.53. The smallest absolute Gasteiger partial charge is 0.152 e. The molecule has 5 heteroatoms. The number of hydrogen-bond acceptors (Lipinski definition) is 4. The summed E-state index contributed by atoms with van der Waals surface area (Å²) in [5.74, 6) is 0.804. The molecule has 1 aromatic carbocycles. The quantitative estimate of drug-likeness (QED) is 0.796. The van der Waals surface area contributed by atoms with Gasteiger partial charge < -0.3 is 9.73 Å². The summed E-state index contributed by atoms with van der Waals surface area (Å²) in [7, 11) is 1.87. The van der Waals surface area contributed by atoms with E-state index < -0.39 is 0 Å². The summed E-state index contributed by atoms with van der Waals surface area (Å²) in [6.45, 7) is 0. The van der Waals surface area contributed by atoms with Crippen molar-refractivity contribution in [3.05, 3.63) is 59.1 Å². The number of benzene rings is 1. The van der Waals surface area contributed by atoms with Crippen molar-refractivity contribution in [2.45, 2.75) is 6.04 Å². The molecular weight excluding hydrogens is 262 g/mol. The monoisotopic (exact) mass is 273 g/mol. The molecule has 0 saturated heterocycles. The molecule has 0 radical (unpaired) electrons. The molecule has 19 heavy (non-hydrogen) atoms. The highest BCUT2D eigenvalue weighted by Gasteiger charge is 2.17. The minimum atomic E-state index is -0.0704. The Bertz CT molecular complexity index is 696. The summed E-state index contributed by atoms with van der Waals surface area (Å²) < 4.78 is 5.86. The van der Waals surface area contributed by atoms with Gasteiger partial charge in [-0.15, -0.1) is 0 Å². The Labute approximate surface area is 115 Å². The Kier molecular flexibility index (Phi) is 3.19. The van der Waals surface area contributed by atoms with Crippen molar-refractivity contribution >= 4 is 22.6 Å². The lowest BCUT2D eigenvalue weighted by atomic mass is 10.1. The second kappa shape index (κ2) is 4.99. The number of furan rings is 1. The van der Waals surface area contributed by atoms with Gasteiger partial charge in [0.1, 0.15) is 5.76 Å². The van der Waals surface area contributed by atoms with Gasteiger partial charge in [0, 0.05) is 11.6 Å². The first-order valence-corrected chi connectivity index (χ1v) is 6.29. The van der Waals surface area contributed by atoms with Crippen molar-refractivity contribution < 1.29 is 4.42 Å². The molecule has 2 heterocycles. The molecule has 96 valence electrons. The van der Waals surface area contributed by atoms with Gasteiger partial charge in [-0.1, -0.05) is 23.7 Å². The lowest BCUT2D eigenvalue weighted by Gasteiger charge is -2.12. The van der Waals surface area contributed by atoms with E-state index in [9.17, 15) is 0 Å². The summed E-state index contributed by atoms with van der Waals surface area (Å²) >= 11 is 6.13. The van der Waals surface area contributed by atoms with E-state index in [2.05, 4.69) is 15.5 Å².